The van der Waals surface area contributed by atoms with Gasteiger partial charge in [-0.1, -0.05) is 12.1 Å². The molecule has 8 heteroatoms. The maximum absolute atomic E-state index is 13.3. The molecule has 36 heavy (non-hydrogen) atoms. The fourth-order valence-corrected chi connectivity index (χ4v) is 6.36. The summed E-state index contributed by atoms with van der Waals surface area (Å²) in [6.45, 7) is 6.22. The lowest BCUT2D eigenvalue weighted by atomic mass is 9.70. The molecular formula is C28H33N3O5. The van der Waals surface area contributed by atoms with E-state index < -0.39 is 0 Å². The fraction of sp³-hybridized carbons (Fsp3) is 0.500. The highest BCUT2D eigenvalue weighted by Crippen LogP contribution is 2.53. The number of rotatable bonds is 3. The molecule has 0 unspecified atom stereocenters. The smallest absolute Gasteiger partial charge is 0.244 e. The van der Waals surface area contributed by atoms with Crippen molar-refractivity contribution in [1.82, 2.24) is 4.90 Å². The summed E-state index contributed by atoms with van der Waals surface area (Å²) < 4.78 is 18.6. The van der Waals surface area contributed by atoms with Crippen LogP contribution in [0.15, 0.2) is 42.5 Å². The topological polar surface area (TPSA) is 80.3 Å². The van der Waals surface area contributed by atoms with Crippen molar-refractivity contribution in [3.63, 3.8) is 0 Å². The van der Waals surface area contributed by atoms with E-state index in [4.69, 9.17) is 14.2 Å². The summed E-state index contributed by atoms with van der Waals surface area (Å²) >= 11 is 0. The van der Waals surface area contributed by atoms with Gasteiger partial charge in [-0.15, -0.1) is 0 Å². The number of para-hydroxylation sites is 2. The molecule has 1 N–H and O–H groups in total. The van der Waals surface area contributed by atoms with E-state index in [1.54, 1.807) is 12.0 Å². The van der Waals surface area contributed by atoms with Crippen LogP contribution >= 0.6 is 0 Å². The highest BCUT2D eigenvalue weighted by atomic mass is 16.5. The van der Waals surface area contributed by atoms with Crippen molar-refractivity contribution in [3.05, 3.63) is 48.0 Å². The standard InChI is InChI=1S/C28H33N3O5/c1-28(2)20-12-17-14-30(16-26(33)31-15-25(32)29-21-6-4-5-7-22(21)31)11-10-23(17)35-27(20)19-9-8-18(34-3)13-24(19)36-28/h4-9,13,17,20,23,27H,10-12,14-16H2,1-3H3,(H,29,32)/t17-,20+,23+,27-/m1/s1. The minimum Gasteiger partial charge on any atom is -0.497 e. The Kier molecular flexibility index (Phi) is 5.68. The Balaban J connectivity index is 1.16. The van der Waals surface area contributed by atoms with Gasteiger partial charge in [-0.25, -0.2) is 0 Å². The predicted octanol–water partition coefficient (Wildman–Crippen LogP) is 3.62. The van der Waals surface area contributed by atoms with Crippen LogP contribution in [0, 0.1) is 11.8 Å². The van der Waals surface area contributed by atoms with Crippen LogP contribution < -0.4 is 19.7 Å². The van der Waals surface area contributed by atoms with Crippen LogP contribution in [0.25, 0.3) is 0 Å². The van der Waals surface area contributed by atoms with Gasteiger partial charge in [0.05, 0.1) is 37.2 Å². The zero-order valence-corrected chi connectivity index (χ0v) is 21.0. The van der Waals surface area contributed by atoms with Gasteiger partial charge in [0.2, 0.25) is 11.8 Å². The van der Waals surface area contributed by atoms with Gasteiger partial charge in [0, 0.05) is 30.6 Å². The Bertz CT molecular complexity index is 1200. The molecule has 0 spiro atoms. The summed E-state index contributed by atoms with van der Waals surface area (Å²) in [6, 6.07) is 13.5. The molecular weight excluding hydrogens is 458 g/mol. The third-order valence-corrected chi connectivity index (χ3v) is 8.22. The average Bonchev–Trinajstić information content (AvgIpc) is 2.86. The monoisotopic (exact) mass is 491 g/mol. The van der Waals surface area contributed by atoms with E-state index in [1.807, 2.05) is 36.4 Å². The fourth-order valence-electron chi connectivity index (χ4n) is 6.36. The third-order valence-electron chi connectivity index (χ3n) is 8.22. The van der Waals surface area contributed by atoms with E-state index in [-0.39, 0.29) is 42.1 Å². The van der Waals surface area contributed by atoms with Crippen LogP contribution in [0.1, 0.15) is 38.4 Å². The Hall–Kier alpha value is -3.10. The highest BCUT2D eigenvalue weighted by molar-refractivity contribution is 6.10. The number of amides is 2. The number of anilines is 2. The minimum atomic E-state index is -0.377. The summed E-state index contributed by atoms with van der Waals surface area (Å²) in [6.07, 6.45) is 2.01. The van der Waals surface area contributed by atoms with Gasteiger partial charge in [-0.3, -0.25) is 19.4 Å². The molecule has 4 heterocycles. The number of fused-ring (bicyclic) bond motifs is 5. The quantitative estimate of drug-likeness (QED) is 0.707. The molecule has 4 aliphatic rings. The number of nitrogens with one attached hydrogen (secondary N) is 1. The van der Waals surface area contributed by atoms with Crippen molar-refractivity contribution in [2.45, 2.75) is 44.5 Å². The van der Waals surface area contributed by atoms with E-state index in [0.717, 1.165) is 48.7 Å². The first-order valence-corrected chi connectivity index (χ1v) is 12.8. The molecule has 0 aromatic heterocycles. The van der Waals surface area contributed by atoms with Crippen LogP contribution in [0.4, 0.5) is 11.4 Å². The second kappa shape index (κ2) is 8.78. The average molecular weight is 492 g/mol. The molecule has 4 aliphatic heterocycles. The lowest BCUT2D eigenvalue weighted by molar-refractivity contribution is -0.187. The van der Waals surface area contributed by atoms with E-state index in [1.165, 1.54) is 0 Å². The van der Waals surface area contributed by atoms with E-state index in [0.29, 0.717) is 18.2 Å². The number of hydrogen-bond donors (Lipinski definition) is 1. The molecule has 0 aliphatic carbocycles. The second-order valence-corrected chi connectivity index (χ2v) is 10.9. The predicted molar refractivity (Wildman–Crippen MR) is 135 cm³/mol. The molecule has 0 saturated carbocycles. The van der Waals surface area contributed by atoms with Crippen molar-refractivity contribution >= 4 is 23.2 Å². The zero-order valence-electron chi connectivity index (χ0n) is 21.0. The zero-order chi connectivity index (χ0) is 25.0. The van der Waals surface area contributed by atoms with Gasteiger partial charge in [-0.2, -0.15) is 0 Å². The molecule has 2 aromatic carbocycles. The lowest BCUT2D eigenvalue weighted by Crippen LogP contribution is -2.56. The number of nitrogens with zero attached hydrogens (tertiary/aromatic N) is 2. The number of piperidine rings is 1. The van der Waals surface area contributed by atoms with Crippen molar-refractivity contribution in [2.75, 3.05) is 43.5 Å². The maximum atomic E-state index is 13.3. The molecule has 0 bridgehead atoms. The largest absolute Gasteiger partial charge is 0.497 e. The van der Waals surface area contributed by atoms with Crippen molar-refractivity contribution in [3.8, 4) is 11.5 Å². The molecule has 2 amide bonds. The van der Waals surface area contributed by atoms with Gasteiger partial charge in [0.1, 0.15) is 23.6 Å². The lowest BCUT2D eigenvalue weighted by Gasteiger charge is -2.53. The Morgan fingerprint density at radius 2 is 2.06 bits per heavy atom. The van der Waals surface area contributed by atoms with E-state index in [9.17, 15) is 9.59 Å². The molecule has 2 saturated heterocycles. The SMILES string of the molecule is COc1ccc2c(c1)OC(C)(C)[C@H]1C[C@@H]3CN(CC(=O)N4CC(=O)Nc5ccccc54)CC[C@@H]3O[C@H]21. The molecule has 2 fully saturated rings. The maximum Gasteiger partial charge on any atom is 0.244 e. The summed E-state index contributed by atoms with van der Waals surface area (Å²) in [4.78, 5) is 29.3. The van der Waals surface area contributed by atoms with Crippen molar-refractivity contribution < 1.29 is 23.8 Å². The Labute approximate surface area is 211 Å². The summed E-state index contributed by atoms with van der Waals surface area (Å²) in [5.74, 6) is 1.95. The Morgan fingerprint density at radius 1 is 1.22 bits per heavy atom. The number of carbonyl (C=O) groups is 2. The normalized spacial score (nSPS) is 28.5. The van der Waals surface area contributed by atoms with Gasteiger partial charge < -0.3 is 19.5 Å². The van der Waals surface area contributed by atoms with E-state index in [2.05, 4.69) is 30.1 Å². The van der Waals surface area contributed by atoms with Gasteiger partial charge >= 0.3 is 0 Å². The number of likely N-dealkylation sites (tertiary alicyclic amines) is 1. The van der Waals surface area contributed by atoms with E-state index >= 15 is 0 Å². The first kappa shape index (κ1) is 23.3. The van der Waals surface area contributed by atoms with Crippen molar-refractivity contribution in [1.29, 1.82) is 0 Å². The number of carbonyl (C=O) groups excluding carboxylic acids is 2. The van der Waals surface area contributed by atoms with Gasteiger partial charge in [0.15, 0.2) is 0 Å². The summed E-state index contributed by atoms with van der Waals surface area (Å²) in [7, 11) is 1.66. The number of ether oxygens (including phenoxy) is 3. The first-order chi connectivity index (χ1) is 17.3. The first-order valence-electron chi connectivity index (χ1n) is 12.8. The third kappa shape index (κ3) is 4.02. The van der Waals surface area contributed by atoms with Crippen LogP contribution in [0.5, 0.6) is 11.5 Å². The van der Waals surface area contributed by atoms with Crippen LogP contribution in [-0.2, 0) is 14.3 Å². The van der Waals surface area contributed by atoms with Gasteiger partial charge in [-0.05, 0) is 56.9 Å². The molecule has 190 valence electrons. The Morgan fingerprint density at radius 3 is 2.89 bits per heavy atom. The number of hydrogen-bond acceptors (Lipinski definition) is 6. The molecule has 2 aromatic rings. The molecule has 4 atom stereocenters. The second-order valence-electron chi connectivity index (χ2n) is 10.9. The molecule has 8 nitrogen and oxygen atoms in total. The molecule has 6 rings (SSSR count). The van der Waals surface area contributed by atoms with Crippen LogP contribution in [0.2, 0.25) is 0 Å². The number of methoxy groups -OCH3 is 1. The number of benzene rings is 2. The van der Waals surface area contributed by atoms with Crippen LogP contribution in [0.3, 0.4) is 0 Å². The van der Waals surface area contributed by atoms with Gasteiger partial charge in [0.25, 0.3) is 0 Å². The minimum absolute atomic E-state index is 0.00699. The van der Waals surface area contributed by atoms with Crippen LogP contribution in [-0.4, -0.2) is 61.7 Å². The summed E-state index contributed by atoms with van der Waals surface area (Å²) in [5, 5.41) is 2.85. The molecule has 0 radical (unpaired) electrons. The highest BCUT2D eigenvalue weighted by Gasteiger charge is 2.51. The van der Waals surface area contributed by atoms with Crippen molar-refractivity contribution in [2.24, 2.45) is 11.8 Å². The summed E-state index contributed by atoms with van der Waals surface area (Å²) in [5.41, 5.74) is 2.17.